The van der Waals surface area contributed by atoms with Crippen molar-refractivity contribution < 1.29 is 14.3 Å². The van der Waals surface area contributed by atoms with Gasteiger partial charge in [-0.15, -0.1) is 0 Å². The third-order valence-electron chi connectivity index (χ3n) is 3.76. The van der Waals surface area contributed by atoms with Gasteiger partial charge in [-0.25, -0.2) is 0 Å². The lowest BCUT2D eigenvalue weighted by Crippen LogP contribution is -2.41. The first kappa shape index (κ1) is 16.3. The molecule has 1 atom stereocenters. The Bertz CT molecular complexity index is 721. The summed E-state index contributed by atoms with van der Waals surface area (Å²) >= 11 is 5.78. The van der Waals surface area contributed by atoms with Gasteiger partial charge in [0.1, 0.15) is 5.75 Å². The lowest BCUT2D eigenvalue weighted by molar-refractivity contribution is -0.127. The van der Waals surface area contributed by atoms with E-state index in [1.165, 1.54) is 0 Å². The van der Waals surface area contributed by atoms with Crippen molar-refractivity contribution in [1.29, 1.82) is 0 Å². The van der Waals surface area contributed by atoms with Crippen LogP contribution in [0.4, 0.5) is 0 Å². The fraction of sp³-hybridized carbons (Fsp3) is 0.222. The van der Waals surface area contributed by atoms with Crippen LogP contribution in [0.1, 0.15) is 15.9 Å². The van der Waals surface area contributed by atoms with Crippen LogP contribution in [-0.2, 0) is 11.2 Å². The molecule has 0 unspecified atom stereocenters. The molecule has 5 nitrogen and oxygen atoms in total. The van der Waals surface area contributed by atoms with E-state index >= 15 is 0 Å². The van der Waals surface area contributed by atoms with E-state index in [1.807, 2.05) is 24.3 Å². The third-order valence-corrected chi connectivity index (χ3v) is 4.01. The standard InChI is InChI=1S/C18H17ClN2O3/c19-14-7-5-12(6-8-14)17(22)20-9-10-21-18(23)16-11-13-3-1-2-4-15(13)24-16/h1-8,16H,9-11H2,(H,20,22)(H,21,23)/t16-/m1/s1. The number of benzene rings is 2. The van der Waals surface area contributed by atoms with Crippen LogP contribution in [-0.4, -0.2) is 31.0 Å². The van der Waals surface area contributed by atoms with Gasteiger partial charge in [-0.1, -0.05) is 29.8 Å². The number of para-hydroxylation sites is 1. The number of carbonyl (C=O) groups is 2. The van der Waals surface area contributed by atoms with Gasteiger partial charge in [0, 0.05) is 30.1 Å². The van der Waals surface area contributed by atoms with Crippen molar-refractivity contribution >= 4 is 23.4 Å². The lowest BCUT2D eigenvalue weighted by atomic mass is 10.1. The first-order valence-electron chi connectivity index (χ1n) is 7.69. The second-order valence-corrected chi connectivity index (χ2v) is 5.91. The molecule has 0 aromatic heterocycles. The predicted molar refractivity (Wildman–Crippen MR) is 91.4 cm³/mol. The Morgan fingerprint density at radius 2 is 1.75 bits per heavy atom. The van der Waals surface area contributed by atoms with E-state index in [1.54, 1.807) is 24.3 Å². The van der Waals surface area contributed by atoms with Crippen molar-refractivity contribution in [1.82, 2.24) is 10.6 Å². The molecule has 24 heavy (non-hydrogen) atoms. The molecule has 124 valence electrons. The first-order valence-corrected chi connectivity index (χ1v) is 8.07. The van der Waals surface area contributed by atoms with Crippen molar-refractivity contribution in [2.24, 2.45) is 0 Å². The fourth-order valence-corrected chi connectivity index (χ4v) is 2.63. The molecule has 3 rings (SSSR count). The Morgan fingerprint density at radius 1 is 1.04 bits per heavy atom. The first-order chi connectivity index (χ1) is 11.6. The van der Waals surface area contributed by atoms with E-state index < -0.39 is 6.10 Å². The third kappa shape index (κ3) is 3.86. The number of hydrogen-bond donors (Lipinski definition) is 2. The predicted octanol–water partition coefficient (Wildman–Crippen LogP) is 2.19. The molecule has 1 heterocycles. The fourth-order valence-electron chi connectivity index (χ4n) is 2.51. The van der Waals surface area contributed by atoms with Crippen molar-refractivity contribution in [3.8, 4) is 5.75 Å². The number of rotatable bonds is 5. The average molecular weight is 345 g/mol. The molecule has 2 amide bonds. The molecular weight excluding hydrogens is 328 g/mol. The summed E-state index contributed by atoms with van der Waals surface area (Å²) in [5, 5.41) is 6.10. The molecule has 1 aliphatic rings. The Kier molecular flexibility index (Phi) is 5.01. The van der Waals surface area contributed by atoms with Gasteiger partial charge in [-0.3, -0.25) is 9.59 Å². The van der Waals surface area contributed by atoms with Gasteiger partial charge in [0.2, 0.25) is 0 Å². The number of hydrogen-bond acceptors (Lipinski definition) is 3. The van der Waals surface area contributed by atoms with Crippen LogP contribution in [0.2, 0.25) is 5.02 Å². The van der Waals surface area contributed by atoms with E-state index in [-0.39, 0.29) is 11.8 Å². The molecule has 0 spiro atoms. The zero-order valence-electron chi connectivity index (χ0n) is 12.9. The molecule has 0 fully saturated rings. The van der Waals surface area contributed by atoms with Crippen LogP contribution in [0.25, 0.3) is 0 Å². The van der Waals surface area contributed by atoms with E-state index in [4.69, 9.17) is 16.3 Å². The number of ether oxygens (including phenoxy) is 1. The van der Waals surface area contributed by atoms with Crippen LogP contribution in [0.3, 0.4) is 0 Å². The monoisotopic (exact) mass is 344 g/mol. The quantitative estimate of drug-likeness (QED) is 0.817. The number of carbonyl (C=O) groups excluding carboxylic acids is 2. The SMILES string of the molecule is O=C(NCCNC(=O)[C@H]1Cc2ccccc2O1)c1ccc(Cl)cc1. The number of amides is 2. The van der Waals surface area contributed by atoms with E-state index in [0.29, 0.717) is 30.1 Å². The van der Waals surface area contributed by atoms with E-state index in [0.717, 1.165) is 11.3 Å². The molecule has 0 aliphatic carbocycles. The maximum atomic E-state index is 12.1. The van der Waals surface area contributed by atoms with Gasteiger partial charge >= 0.3 is 0 Å². The molecule has 1 aliphatic heterocycles. The highest BCUT2D eigenvalue weighted by Crippen LogP contribution is 2.27. The van der Waals surface area contributed by atoms with Crippen LogP contribution in [0.15, 0.2) is 48.5 Å². The highest BCUT2D eigenvalue weighted by atomic mass is 35.5. The maximum absolute atomic E-state index is 12.1. The van der Waals surface area contributed by atoms with Crippen LogP contribution in [0.5, 0.6) is 5.75 Å². The number of fused-ring (bicyclic) bond motifs is 1. The smallest absolute Gasteiger partial charge is 0.261 e. The molecular formula is C18H17ClN2O3. The molecule has 2 aromatic rings. The summed E-state index contributed by atoms with van der Waals surface area (Å²) in [6.07, 6.45) is 0.0634. The maximum Gasteiger partial charge on any atom is 0.261 e. The van der Waals surface area contributed by atoms with E-state index in [2.05, 4.69) is 10.6 Å². The molecule has 6 heteroatoms. The van der Waals surface area contributed by atoms with Gasteiger partial charge in [-0.2, -0.15) is 0 Å². The highest BCUT2D eigenvalue weighted by molar-refractivity contribution is 6.30. The van der Waals surface area contributed by atoms with Crippen LogP contribution >= 0.6 is 11.6 Å². The summed E-state index contributed by atoms with van der Waals surface area (Å²) in [7, 11) is 0. The van der Waals surface area contributed by atoms with E-state index in [9.17, 15) is 9.59 Å². The Hall–Kier alpha value is -2.53. The topological polar surface area (TPSA) is 67.4 Å². The van der Waals surface area contributed by atoms with Gasteiger partial charge in [0.25, 0.3) is 11.8 Å². The number of halogens is 1. The molecule has 0 radical (unpaired) electrons. The van der Waals surface area contributed by atoms with Crippen molar-refractivity contribution in [2.45, 2.75) is 12.5 Å². The van der Waals surface area contributed by atoms with Gasteiger partial charge in [0.05, 0.1) is 0 Å². The van der Waals surface area contributed by atoms with Crippen LogP contribution in [0, 0.1) is 0 Å². The second kappa shape index (κ2) is 7.36. The molecule has 2 aromatic carbocycles. The van der Waals surface area contributed by atoms with Crippen molar-refractivity contribution in [3.63, 3.8) is 0 Å². The normalized spacial score (nSPS) is 15.3. The largest absolute Gasteiger partial charge is 0.480 e. The number of nitrogens with one attached hydrogen (secondary N) is 2. The Morgan fingerprint density at radius 3 is 2.50 bits per heavy atom. The minimum absolute atomic E-state index is 0.174. The zero-order valence-corrected chi connectivity index (χ0v) is 13.7. The summed E-state index contributed by atoms with van der Waals surface area (Å²) in [6, 6.07) is 14.2. The van der Waals surface area contributed by atoms with Crippen LogP contribution < -0.4 is 15.4 Å². The summed E-state index contributed by atoms with van der Waals surface area (Å²) in [5.74, 6) is 0.381. The molecule has 2 N–H and O–H groups in total. The molecule has 0 saturated carbocycles. The zero-order chi connectivity index (χ0) is 16.9. The lowest BCUT2D eigenvalue weighted by Gasteiger charge is -2.12. The summed E-state index contributed by atoms with van der Waals surface area (Å²) in [6.45, 7) is 0.682. The second-order valence-electron chi connectivity index (χ2n) is 5.47. The minimum atomic E-state index is -0.505. The van der Waals surface area contributed by atoms with Gasteiger partial charge in [0.15, 0.2) is 6.10 Å². The minimum Gasteiger partial charge on any atom is -0.480 e. The molecule has 0 saturated heterocycles. The van der Waals surface area contributed by atoms with Gasteiger partial charge in [-0.05, 0) is 35.9 Å². The summed E-state index contributed by atoms with van der Waals surface area (Å²) in [4.78, 5) is 24.0. The summed E-state index contributed by atoms with van der Waals surface area (Å²) < 4.78 is 5.62. The van der Waals surface area contributed by atoms with Crippen molar-refractivity contribution in [3.05, 3.63) is 64.7 Å². The highest BCUT2D eigenvalue weighted by Gasteiger charge is 2.28. The Balaban J connectivity index is 1.40. The van der Waals surface area contributed by atoms with Crippen molar-refractivity contribution in [2.75, 3.05) is 13.1 Å². The van der Waals surface area contributed by atoms with Gasteiger partial charge < -0.3 is 15.4 Å². The Labute approximate surface area is 145 Å². The average Bonchev–Trinajstić information content (AvgIpc) is 3.03. The molecule has 0 bridgehead atoms. The summed E-state index contributed by atoms with van der Waals surface area (Å²) in [5.41, 5.74) is 1.56.